The number of carbonyl (C=O) groups is 2. The first-order chi connectivity index (χ1) is 15.4. The summed E-state index contributed by atoms with van der Waals surface area (Å²) in [7, 11) is 0. The summed E-state index contributed by atoms with van der Waals surface area (Å²) >= 11 is 7.45. The highest BCUT2D eigenvalue weighted by Gasteiger charge is 2.15. The van der Waals surface area contributed by atoms with Gasteiger partial charge in [-0.1, -0.05) is 47.6 Å². The van der Waals surface area contributed by atoms with Crippen molar-refractivity contribution in [2.45, 2.75) is 32.2 Å². The van der Waals surface area contributed by atoms with Crippen LogP contribution >= 0.6 is 23.4 Å². The number of thioether (sulfide) groups is 1. The number of aryl methyl sites for hydroxylation is 1. The minimum absolute atomic E-state index is 0.0605. The van der Waals surface area contributed by atoms with Gasteiger partial charge in [0, 0.05) is 17.8 Å². The molecule has 3 rings (SSSR count). The molecule has 0 unspecified atom stereocenters. The van der Waals surface area contributed by atoms with E-state index in [0.717, 1.165) is 5.56 Å². The third kappa shape index (κ3) is 6.21. The summed E-state index contributed by atoms with van der Waals surface area (Å²) in [5.41, 5.74) is 2.15. The molecule has 0 saturated heterocycles. The first-order valence-corrected chi connectivity index (χ1v) is 11.2. The molecule has 1 aromatic heterocycles. The van der Waals surface area contributed by atoms with Crippen LogP contribution in [0.5, 0.6) is 5.75 Å². The second-order valence-electron chi connectivity index (χ2n) is 6.99. The number of amides is 1. The van der Waals surface area contributed by atoms with Gasteiger partial charge in [0.1, 0.15) is 12.4 Å². The van der Waals surface area contributed by atoms with E-state index in [4.69, 9.17) is 16.3 Å². The lowest BCUT2D eigenvalue weighted by atomic mass is 10.1. The maximum absolute atomic E-state index is 12.4. The van der Waals surface area contributed by atoms with E-state index >= 15 is 0 Å². The Kier molecular flexibility index (Phi) is 8.08. The summed E-state index contributed by atoms with van der Waals surface area (Å²) in [6.45, 7) is 7.87. The molecule has 7 nitrogen and oxygen atoms in total. The number of carbonyl (C=O) groups excluding carboxylic acids is 2. The molecule has 1 heterocycles. The second-order valence-corrected chi connectivity index (χ2v) is 8.34. The fourth-order valence-corrected chi connectivity index (χ4v) is 3.79. The van der Waals surface area contributed by atoms with Gasteiger partial charge >= 0.3 is 0 Å². The minimum Gasteiger partial charge on any atom is -0.484 e. The van der Waals surface area contributed by atoms with Gasteiger partial charge in [-0.3, -0.25) is 14.2 Å². The van der Waals surface area contributed by atoms with Gasteiger partial charge in [0.15, 0.2) is 16.8 Å². The summed E-state index contributed by atoms with van der Waals surface area (Å²) in [5.74, 6) is 1.02. The molecule has 32 heavy (non-hydrogen) atoms. The number of ketones is 1. The average Bonchev–Trinajstić information content (AvgIpc) is 3.15. The highest BCUT2D eigenvalue weighted by molar-refractivity contribution is 7.99. The van der Waals surface area contributed by atoms with E-state index < -0.39 is 0 Å². The Hall–Kier alpha value is -3.10. The Bertz CT molecular complexity index is 1150. The second kappa shape index (κ2) is 11.0. The van der Waals surface area contributed by atoms with Crippen molar-refractivity contribution in [3.8, 4) is 5.75 Å². The van der Waals surface area contributed by atoms with E-state index in [0.29, 0.717) is 39.5 Å². The summed E-state index contributed by atoms with van der Waals surface area (Å²) in [6, 6.07) is 12.4. The lowest BCUT2D eigenvalue weighted by molar-refractivity contribution is -0.113. The number of nitrogens with zero attached hydrogens (tertiary/aromatic N) is 3. The SMILES string of the molecule is C=CCn1c(COc2cc(C)ccc2Cl)nnc1SCC(=O)Nc1cccc(C(C)=O)c1. The van der Waals surface area contributed by atoms with Crippen molar-refractivity contribution in [1.82, 2.24) is 14.8 Å². The highest BCUT2D eigenvalue weighted by Crippen LogP contribution is 2.26. The molecule has 1 amide bonds. The summed E-state index contributed by atoms with van der Waals surface area (Å²) < 4.78 is 7.67. The number of hydrogen-bond acceptors (Lipinski definition) is 6. The minimum atomic E-state index is -0.215. The Morgan fingerprint density at radius 1 is 1.25 bits per heavy atom. The summed E-state index contributed by atoms with van der Waals surface area (Å²) in [6.07, 6.45) is 1.73. The molecule has 3 aromatic rings. The van der Waals surface area contributed by atoms with Crippen molar-refractivity contribution in [2.75, 3.05) is 11.1 Å². The van der Waals surface area contributed by atoms with E-state index in [-0.39, 0.29) is 24.1 Å². The smallest absolute Gasteiger partial charge is 0.234 e. The van der Waals surface area contributed by atoms with Crippen LogP contribution in [0.15, 0.2) is 60.3 Å². The molecule has 9 heteroatoms. The highest BCUT2D eigenvalue weighted by atomic mass is 35.5. The fourth-order valence-electron chi connectivity index (χ4n) is 2.85. The monoisotopic (exact) mass is 470 g/mol. The van der Waals surface area contributed by atoms with Crippen LogP contribution in [-0.2, 0) is 17.9 Å². The lowest BCUT2D eigenvalue weighted by Crippen LogP contribution is -2.15. The third-order valence-electron chi connectivity index (χ3n) is 4.43. The van der Waals surface area contributed by atoms with Crippen LogP contribution in [0, 0.1) is 6.92 Å². The molecule has 2 aromatic carbocycles. The van der Waals surface area contributed by atoms with Crippen LogP contribution in [0.2, 0.25) is 5.02 Å². The van der Waals surface area contributed by atoms with Crippen LogP contribution in [0.3, 0.4) is 0 Å². The molecule has 0 bridgehead atoms. The van der Waals surface area contributed by atoms with Crippen LogP contribution in [0.1, 0.15) is 28.7 Å². The zero-order valence-corrected chi connectivity index (χ0v) is 19.4. The fraction of sp³-hybridized carbons (Fsp3) is 0.217. The van der Waals surface area contributed by atoms with Gasteiger partial charge in [-0.05, 0) is 43.7 Å². The van der Waals surface area contributed by atoms with E-state index in [1.807, 2.05) is 23.6 Å². The lowest BCUT2D eigenvalue weighted by Gasteiger charge is -2.11. The van der Waals surface area contributed by atoms with E-state index in [9.17, 15) is 9.59 Å². The van der Waals surface area contributed by atoms with Crippen LogP contribution < -0.4 is 10.1 Å². The Balaban J connectivity index is 1.64. The molecule has 1 N–H and O–H groups in total. The maximum Gasteiger partial charge on any atom is 0.234 e. The molecule has 0 aliphatic rings. The van der Waals surface area contributed by atoms with Gasteiger partial charge in [0.05, 0.1) is 10.8 Å². The van der Waals surface area contributed by atoms with E-state index in [1.165, 1.54) is 18.7 Å². The number of Topliss-reactive ketones (excluding diaryl/α,β-unsaturated/α-hetero) is 1. The van der Waals surface area contributed by atoms with E-state index in [1.54, 1.807) is 36.4 Å². The number of hydrogen-bond donors (Lipinski definition) is 1. The molecule has 0 atom stereocenters. The van der Waals surface area contributed by atoms with Crippen molar-refractivity contribution in [2.24, 2.45) is 0 Å². The van der Waals surface area contributed by atoms with Crippen molar-refractivity contribution >= 4 is 40.7 Å². The average molecular weight is 471 g/mol. The quantitative estimate of drug-likeness (QED) is 0.256. The molecule has 0 fully saturated rings. The molecule has 0 saturated carbocycles. The van der Waals surface area contributed by atoms with Crippen molar-refractivity contribution in [3.63, 3.8) is 0 Å². The number of benzene rings is 2. The number of ether oxygens (including phenoxy) is 1. The van der Waals surface area contributed by atoms with Gasteiger partial charge in [-0.25, -0.2) is 0 Å². The number of halogens is 1. The van der Waals surface area contributed by atoms with Gasteiger partial charge in [-0.2, -0.15) is 0 Å². The maximum atomic E-state index is 12.4. The Morgan fingerprint density at radius 3 is 2.81 bits per heavy atom. The first-order valence-electron chi connectivity index (χ1n) is 9.83. The normalized spacial score (nSPS) is 10.6. The number of aromatic nitrogens is 3. The molecule has 0 aliphatic heterocycles. The number of rotatable bonds is 10. The molecule has 0 spiro atoms. The standard InChI is InChI=1S/C23H23ClN4O3S/c1-4-10-28-21(13-31-20-11-15(2)8-9-19(20)24)26-27-23(28)32-14-22(30)25-18-7-5-6-17(12-18)16(3)29/h4-9,11-12H,1,10,13-14H2,2-3H3,(H,25,30). The van der Waals surface area contributed by atoms with E-state index in [2.05, 4.69) is 22.1 Å². The number of allylic oxidation sites excluding steroid dienone is 1. The Labute approximate surface area is 195 Å². The van der Waals surface area contributed by atoms with Crippen molar-refractivity contribution in [1.29, 1.82) is 0 Å². The largest absolute Gasteiger partial charge is 0.484 e. The predicted molar refractivity (Wildman–Crippen MR) is 127 cm³/mol. The van der Waals surface area contributed by atoms with Gasteiger partial charge < -0.3 is 10.1 Å². The summed E-state index contributed by atoms with van der Waals surface area (Å²) in [5, 5.41) is 12.3. The molecule has 0 aliphatic carbocycles. The topological polar surface area (TPSA) is 86.1 Å². The third-order valence-corrected chi connectivity index (χ3v) is 5.71. The molecular formula is C23H23ClN4O3S. The van der Waals surface area contributed by atoms with Crippen LogP contribution in [-0.4, -0.2) is 32.2 Å². The van der Waals surface area contributed by atoms with Gasteiger partial charge in [0.2, 0.25) is 5.91 Å². The zero-order valence-electron chi connectivity index (χ0n) is 17.8. The zero-order chi connectivity index (χ0) is 23.1. The van der Waals surface area contributed by atoms with Crippen molar-refractivity contribution in [3.05, 3.63) is 77.1 Å². The summed E-state index contributed by atoms with van der Waals surface area (Å²) in [4.78, 5) is 23.9. The molecule has 166 valence electrons. The Morgan fingerprint density at radius 2 is 2.06 bits per heavy atom. The first kappa shape index (κ1) is 23.6. The number of nitrogens with one attached hydrogen (secondary N) is 1. The van der Waals surface area contributed by atoms with Crippen LogP contribution in [0.25, 0.3) is 0 Å². The van der Waals surface area contributed by atoms with Gasteiger partial charge in [-0.15, -0.1) is 16.8 Å². The number of anilines is 1. The predicted octanol–water partition coefficient (Wildman–Crippen LogP) is 4.94. The van der Waals surface area contributed by atoms with Gasteiger partial charge in [0.25, 0.3) is 0 Å². The van der Waals surface area contributed by atoms with Crippen LogP contribution in [0.4, 0.5) is 5.69 Å². The molecular weight excluding hydrogens is 448 g/mol. The molecule has 0 radical (unpaired) electrons. The van der Waals surface area contributed by atoms with Crippen molar-refractivity contribution < 1.29 is 14.3 Å².